The van der Waals surface area contributed by atoms with Crippen molar-refractivity contribution in [1.82, 2.24) is 10.5 Å². The van der Waals surface area contributed by atoms with E-state index in [1.807, 2.05) is 0 Å². The van der Waals surface area contributed by atoms with Crippen LogP contribution in [0.4, 0.5) is 0 Å². The Labute approximate surface area is 156 Å². The summed E-state index contributed by atoms with van der Waals surface area (Å²) in [5, 5.41) is -4.82. The molecule has 2 rings (SSSR count). The van der Waals surface area contributed by atoms with Gasteiger partial charge in [-0.3, -0.25) is 18.7 Å². The summed E-state index contributed by atoms with van der Waals surface area (Å²) in [6.07, 6.45) is -2.53. The minimum absolute atomic E-state index is 0.00629. The molecule has 0 aliphatic carbocycles. The molecule has 2 aliphatic rings. The van der Waals surface area contributed by atoms with Gasteiger partial charge in [-0.2, -0.15) is 16.8 Å². The van der Waals surface area contributed by atoms with Crippen molar-refractivity contribution in [3.63, 3.8) is 0 Å². The Morgan fingerprint density at radius 3 is 1.32 bits per heavy atom. The minimum atomic E-state index is -5.19. The van der Waals surface area contributed by atoms with E-state index in [0.717, 1.165) is 0 Å². The van der Waals surface area contributed by atoms with Crippen molar-refractivity contribution < 1.29 is 64.5 Å². The number of hydrogen-bond donors (Lipinski definition) is 2. The Balaban J connectivity index is 2.42. The van der Waals surface area contributed by atoms with Crippen LogP contribution in [0.1, 0.15) is 12.8 Å². The summed E-state index contributed by atoms with van der Waals surface area (Å²) < 4.78 is 63.3. The van der Waals surface area contributed by atoms with Crippen molar-refractivity contribution >= 4 is 44.1 Å². The van der Waals surface area contributed by atoms with Crippen LogP contribution in [0.3, 0.4) is 0 Å². The average molecular weight is 448 g/mol. The molecule has 158 valence electrons. The molecule has 0 radical (unpaired) electrons. The van der Waals surface area contributed by atoms with Gasteiger partial charge in [0, 0.05) is 10.5 Å². The number of rotatable bonds is 2. The Hall–Kier alpha value is -2.38. The molecule has 16 nitrogen and oxygen atoms in total. The third kappa shape index (κ3) is 5.56. The molecule has 2 atom stereocenters. The van der Waals surface area contributed by atoms with Crippen LogP contribution in [0, 0.1) is 0 Å². The van der Waals surface area contributed by atoms with E-state index in [0.29, 0.717) is 0 Å². The fourth-order valence-electron chi connectivity index (χ4n) is 1.93. The van der Waals surface area contributed by atoms with E-state index in [9.17, 15) is 36.0 Å². The first-order valence-corrected chi connectivity index (χ1v) is 10.1. The highest BCUT2D eigenvalue weighted by Gasteiger charge is 2.43. The molecule has 0 saturated carbocycles. The lowest BCUT2D eigenvalue weighted by Crippen LogP contribution is -2.48. The van der Waals surface area contributed by atoms with Gasteiger partial charge in [0.2, 0.25) is 0 Å². The van der Waals surface area contributed by atoms with Gasteiger partial charge in [0.25, 0.3) is 20.2 Å². The molecule has 0 aromatic heterocycles. The smallest absolute Gasteiger partial charge is 0.333 e. The van der Waals surface area contributed by atoms with Crippen molar-refractivity contribution in [1.29, 1.82) is 0 Å². The lowest BCUT2D eigenvalue weighted by Gasteiger charge is -2.28. The normalized spacial score (nSPS) is 30.5. The number of carbonyl (C=O) groups excluding carboxylic acids is 4. The van der Waals surface area contributed by atoms with Gasteiger partial charge in [-0.15, -0.1) is 0 Å². The van der Waals surface area contributed by atoms with E-state index in [-0.39, 0.29) is 10.5 Å². The Bertz CT molecular complexity index is 825. The van der Waals surface area contributed by atoms with Crippen molar-refractivity contribution in [3.8, 4) is 0 Å². The standard InChI is InChI=1S/C10H12N2O14S2/c13-7-3-5(27(17,18)19)9(15)25-12-2-1-11(23-7)24-8(14)4-6(10(16)26-12)28(20,21)22/h5-6H,1-4H2,(H,17,18,19)(H,20,21,22). The van der Waals surface area contributed by atoms with E-state index >= 15 is 0 Å². The highest BCUT2D eigenvalue weighted by molar-refractivity contribution is 7.87. The quantitative estimate of drug-likeness (QED) is 0.396. The second-order valence-corrected chi connectivity index (χ2v) is 8.47. The Kier molecular flexibility index (Phi) is 6.21. The van der Waals surface area contributed by atoms with Crippen LogP contribution in [-0.4, -0.2) is 83.9 Å². The van der Waals surface area contributed by atoms with Crippen LogP contribution >= 0.6 is 0 Å². The zero-order chi connectivity index (χ0) is 21.3. The molecule has 0 spiro atoms. The van der Waals surface area contributed by atoms with Crippen LogP contribution in [0.5, 0.6) is 0 Å². The van der Waals surface area contributed by atoms with Gasteiger partial charge in [0.1, 0.15) is 0 Å². The third-order valence-corrected chi connectivity index (χ3v) is 5.36. The molecule has 0 aromatic rings. The third-order valence-electron chi connectivity index (χ3n) is 3.21. The maximum absolute atomic E-state index is 11.9. The summed E-state index contributed by atoms with van der Waals surface area (Å²) in [5.41, 5.74) is 0. The monoisotopic (exact) mass is 448 g/mol. The SMILES string of the molecule is O=C1CC(S(=O)(=O)O)C(=O)ON2CCN(O1)OC(=O)CC(S(=O)(=O)O)C(=O)O2. The molecule has 2 saturated heterocycles. The second-order valence-electron chi connectivity index (χ2n) is 5.28. The fourth-order valence-corrected chi connectivity index (χ4v) is 3.19. The van der Waals surface area contributed by atoms with Crippen LogP contribution in [-0.2, 0) is 58.8 Å². The summed E-state index contributed by atoms with van der Waals surface area (Å²) in [6.45, 7) is -1.35. The first-order chi connectivity index (χ1) is 12.8. The molecule has 2 unspecified atom stereocenters. The molecule has 0 aromatic carbocycles. The molecule has 0 amide bonds. The predicted octanol–water partition coefficient (Wildman–Crippen LogP) is -3.26. The summed E-state index contributed by atoms with van der Waals surface area (Å²) in [7, 11) is -10.4. The van der Waals surface area contributed by atoms with Crippen molar-refractivity contribution in [2.45, 2.75) is 23.3 Å². The minimum Gasteiger partial charge on any atom is -0.333 e. The first-order valence-electron chi connectivity index (χ1n) is 7.10. The van der Waals surface area contributed by atoms with E-state index in [1.165, 1.54) is 0 Å². The number of fused-ring (bicyclic) bond motifs is 3. The van der Waals surface area contributed by atoms with Gasteiger partial charge in [-0.05, 0) is 0 Å². The van der Waals surface area contributed by atoms with Gasteiger partial charge in [0.05, 0.1) is 25.9 Å². The van der Waals surface area contributed by atoms with E-state index in [2.05, 4.69) is 19.4 Å². The Morgan fingerprint density at radius 2 is 1.00 bits per heavy atom. The Morgan fingerprint density at radius 1 is 0.679 bits per heavy atom. The number of hydroxylamine groups is 4. The van der Waals surface area contributed by atoms with Gasteiger partial charge >= 0.3 is 23.9 Å². The highest BCUT2D eigenvalue weighted by atomic mass is 32.2. The van der Waals surface area contributed by atoms with Gasteiger partial charge in [0.15, 0.2) is 10.5 Å². The van der Waals surface area contributed by atoms with Crippen LogP contribution < -0.4 is 0 Å². The first kappa shape index (κ1) is 21.9. The number of hydrogen-bond acceptors (Lipinski definition) is 14. The molecular weight excluding hydrogens is 436 g/mol. The molecule has 2 bridgehead atoms. The molecule has 28 heavy (non-hydrogen) atoms. The molecule has 2 N–H and O–H groups in total. The second kappa shape index (κ2) is 7.93. The molecule has 2 heterocycles. The van der Waals surface area contributed by atoms with Gasteiger partial charge in [-0.1, -0.05) is 0 Å². The number of nitrogens with zero attached hydrogens (tertiary/aromatic N) is 2. The average Bonchev–Trinajstić information content (AvgIpc) is 2.51. The van der Waals surface area contributed by atoms with Crippen molar-refractivity contribution in [3.05, 3.63) is 0 Å². The van der Waals surface area contributed by atoms with Crippen LogP contribution in [0.2, 0.25) is 0 Å². The number of carbonyl (C=O) groups is 4. The van der Waals surface area contributed by atoms with E-state index in [1.54, 1.807) is 0 Å². The molecule has 2 aliphatic heterocycles. The zero-order valence-electron chi connectivity index (χ0n) is 13.5. The van der Waals surface area contributed by atoms with Gasteiger partial charge in [-0.25, -0.2) is 9.59 Å². The lowest BCUT2D eigenvalue weighted by atomic mass is 10.3. The summed E-state index contributed by atoms with van der Waals surface area (Å²) in [4.78, 5) is 65.3. The zero-order valence-corrected chi connectivity index (χ0v) is 15.1. The lowest BCUT2D eigenvalue weighted by molar-refractivity contribution is -0.361. The van der Waals surface area contributed by atoms with Crippen LogP contribution in [0.15, 0.2) is 0 Å². The molecular formula is C10H12N2O14S2. The largest absolute Gasteiger partial charge is 0.350 e. The highest BCUT2D eigenvalue weighted by Crippen LogP contribution is 2.17. The van der Waals surface area contributed by atoms with Gasteiger partial charge < -0.3 is 19.4 Å². The predicted molar refractivity (Wildman–Crippen MR) is 77.7 cm³/mol. The van der Waals surface area contributed by atoms with Crippen LogP contribution in [0.25, 0.3) is 0 Å². The van der Waals surface area contributed by atoms with E-state index < -0.39 is 80.5 Å². The molecule has 18 heteroatoms. The summed E-state index contributed by atoms with van der Waals surface area (Å²) in [6, 6.07) is 0. The maximum Gasteiger partial charge on any atom is 0.350 e. The fraction of sp³-hybridized carbons (Fsp3) is 0.600. The summed E-state index contributed by atoms with van der Waals surface area (Å²) >= 11 is 0. The topological polar surface area (TPSA) is 220 Å². The van der Waals surface area contributed by atoms with Crippen molar-refractivity contribution in [2.75, 3.05) is 13.1 Å². The summed E-state index contributed by atoms with van der Waals surface area (Å²) in [5.74, 6) is -6.42. The van der Waals surface area contributed by atoms with E-state index in [4.69, 9.17) is 9.11 Å². The van der Waals surface area contributed by atoms with Crippen molar-refractivity contribution in [2.24, 2.45) is 0 Å². The maximum atomic E-state index is 11.9. The molecule has 2 fully saturated rings.